The monoisotopic (exact) mass is 258 g/mol. The number of hydrogen-bond acceptors (Lipinski definition) is 4. The minimum atomic E-state index is -0.954. The van der Waals surface area contributed by atoms with E-state index < -0.39 is 29.1 Å². The zero-order valence-electron chi connectivity index (χ0n) is 10.4. The lowest BCUT2D eigenvalue weighted by Gasteiger charge is -2.06. The summed E-state index contributed by atoms with van der Waals surface area (Å²) in [6.45, 7) is 3.70. The molecule has 2 amide bonds. The van der Waals surface area contributed by atoms with Crippen molar-refractivity contribution in [1.82, 2.24) is 5.32 Å². The fourth-order valence-corrected chi connectivity index (χ4v) is 2.12. The molecule has 7 heteroatoms. The first-order valence-corrected chi connectivity index (χ1v) is 5.65. The van der Waals surface area contributed by atoms with E-state index >= 15 is 0 Å². The Morgan fingerprint density at radius 2 is 1.94 bits per heavy atom. The van der Waals surface area contributed by atoms with Gasteiger partial charge in [-0.2, -0.15) is 0 Å². The molecule has 1 saturated carbocycles. The Balaban J connectivity index is 2.27. The smallest absolute Gasteiger partial charge is 0.307 e. The molecule has 1 fully saturated rings. The summed E-state index contributed by atoms with van der Waals surface area (Å²) in [5.41, 5.74) is 4.35. The molecule has 2 unspecified atom stereocenters. The Labute approximate surface area is 105 Å². The van der Waals surface area contributed by atoms with E-state index in [0.717, 1.165) is 0 Å². The van der Waals surface area contributed by atoms with Crippen molar-refractivity contribution in [1.29, 1.82) is 0 Å². The number of carbonyl (C=O) groups excluding carboxylic acids is 2. The molecule has 0 saturated heterocycles. The van der Waals surface area contributed by atoms with Gasteiger partial charge >= 0.3 is 5.97 Å². The molecule has 0 spiro atoms. The molecule has 4 N–H and O–H groups in total. The maximum absolute atomic E-state index is 11.7. The number of ether oxygens (including phenoxy) is 1. The van der Waals surface area contributed by atoms with E-state index in [4.69, 9.17) is 15.6 Å². The second-order valence-corrected chi connectivity index (χ2v) is 4.92. The van der Waals surface area contributed by atoms with Crippen LogP contribution in [0.15, 0.2) is 0 Å². The van der Waals surface area contributed by atoms with Gasteiger partial charge < -0.3 is 20.9 Å². The number of carboxylic acids is 1. The van der Waals surface area contributed by atoms with Gasteiger partial charge in [-0.25, -0.2) is 0 Å². The maximum Gasteiger partial charge on any atom is 0.307 e. The van der Waals surface area contributed by atoms with Gasteiger partial charge in [0.25, 0.3) is 0 Å². The number of nitrogens with one attached hydrogen (secondary N) is 1. The van der Waals surface area contributed by atoms with E-state index in [1.807, 2.05) is 0 Å². The quantitative estimate of drug-likeness (QED) is 0.504. The van der Waals surface area contributed by atoms with Crippen LogP contribution in [0.3, 0.4) is 0 Å². The topological polar surface area (TPSA) is 119 Å². The van der Waals surface area contributed by atoms with Crippen LogP contribution in [0.4, 0.5) is 0 Å². The van der Waals surface area contributed by atoms with Crippen molar-refractivity contribution in [2.45, 2.75) is 13.8 Å². The van der Waals surface area contributed by atoms with Crippen LogP contribution in [-0.4, -0.2) is 42.6 Å². The van der Waals surface area contributed by atoms with E-state index in [-0.39, 0.29) is 25.7 Å². The van der Waals surface area contributed by atoms with Crippen molar-refractivity contribution in [3.05, 3.63) is 0 Å². The van der Waals surface area contributed by atoms with Crippen molar-refractivity contribution < 1.29 is 24.2 Å². The van der Waals surface area contributed by atoms with Gasteiger partial charge in [0.15, 0.2) is 0 Å². The number of carboxylic acid groups (broad SMARTS) is 1. The molecule has 1 rings (SSSR count). The molecule has 2 atom stereocenters. The summed E-state index contributed by atoms with van der Waals surface area (Å²) in [4.78, 5) is 33.0. The molecular formula is C11H18N2O5. The van der Waals surface area contributed by atoms with Gasteiger partial charge in [-0.05, 0) is 5.41 Å². The number of rotatable bonds is 7. The van der Waals surface area contributed by atoms with Crippen molar-refractivity contribution >= 4 is 17.8 Å². The fraction of sp³-hybridized carbons (Fsp3) is 0.727. The summed E-state index contributed by atoms with van der Waals surface area (Å²) in [5.74, 6) is -2.97. The minimum absolute atomic E-state index is 0.166. The Hall–Kier alpha value is -1.63. The average molecular weight is 258 g/mol. The van der Waals surface area contributed by atoms with Crippen LogP contribution < -0.4 is 11.1 Å². The lowest BCUT2D eigenvalue weighted by Crippen LogP contribution is -2.31. The van der Waals surface area contributed by atoms with E-state index in [1.165, 1.54) is 0 Å². The molecule has 102 valence electrons. The standard InChI is InChI=1S/C11H18N2O5/c1-11(2)7(8(11)10(16)17)9(15)13-3-4-18-5-6(12)14/h7-8H,3-5H2,1-2H3,(H2,12,14)(H,13,15)(H,16,17). The number of nitrogens with two attached hydrogens (primary N) is 1. The number of aliphatic carboxylic acids is 1. The molecule has 1 aliphatic carbocycles. The highest BCUT2D eigenvalue weighted by atomic mass is 16.5. The molecule has 0 bridgehead atoms. The third kappa shape index (κ3) is 3.19. The van der Waals surface area contributed by atoms with Gasteiger partial charge in [-0.1, -0.05) is 13.8 Å². The second kappa shape index (κ2) is 5.34. The number of amides is 2. The van der Waals surface area contributed by atoms with E-state index in [0.29, 0.717) is 0 Å². The van der Waals surface area contributed by atoms with Crippen LogP contribution in [0.1, 0.15) is 13.8 Å². The average Bonchev–Trinajstić information content (AvgIpc) is 2.80. The highest BCUT2D eigenvalue weighted by Gasteiger charge is 2.65. The lowest BCUT2D eigenvalue weighted by molar-refractivity contribution is -0.140. The zero-order valence-corrected chi connectivity index (χ0v) is 10.4. The predicted octanol–water partition coefficient (Wildman–Crippen LogP) is -1.04. The van der Waals surface area contributed by atoms with Crippen molar-refractivity contribution in [2.75, 3.05) is 19.8 Å². The largest absolute Gasteiger partial charge is 0.481 e. The van der Waals surface area contributed by atoms with Gasteiger partial charge in [-0.3, -0.25) is 14.4 Å². The summed E-state index contributed by atoms with van der Waals surface area (Å²) in [6, 6.07) is 0. The third-order valence-corrected chi connectivity index (χ3v) is 3.17. The van der Waals surface area contributed by atoms with Crippen LogP contribution in [0.5, 0.6) is 0 Å². The Kier molecular flexibility index (Phi) is 4.28. The normalized spacial score (nSPS) is 24.3. The van der Waals surface area contributed by atoms with Crippen LogP contribution in [0.2, 0.25) is 0 Å². The molecule has 7 nitrogen and oxygen atoms in total. The molecule has 0 heterocycles. The molecular weight excluding hydrogens is 240 g/mol. The summed E-state index contributed by atoms with van der Waals surface area (Å²) in [7, 11) is 0. The van der Waals surface area contributed by atoms with Crippen molar-refractivity contribution in [2.24, 2.45) is 23.0 Å². The summed E-state index contributed by atoms with van der Waals surface area (Å²) in [5, 5.41) is 11.5. The van der Waals surface area contributed by atoms with E-state index in [1.54, 1.807) is 13.8 Å². The van der Waals surface area contributed by atoms with Crippen LogP contribution in [0, 0.1) is 17.3 Å². The van der Waals surface area contributed by atoms with Gasteiger partial charge in [-0.15, -0.1) is 0 Å². The molecule has 0 aliphatic heterocycles. The first-order chi connectivity index (χ1) is 8.28. The highest BCUT2D eigenvalue weighted by Crippen LogP contribution is 2.58. The Morgan fingerprint density at radius 3 is 2.39 bits per heavy atom. The SMILES string of the molecule is CC1(C)C(C(=O)O)C1C(=O)NCCOCC(N)=O. The van der Waals surface area contributed by atoms with Crippen molar-refractivity contribution in [3.63, 3.8) is 0 Å². The van der Waals surface area contributed by atoms with Gasteiger partial charge in [0, 0.05) is 6.54 Å². The lowest BCUT2D eigenvalue weighted by atomic mass is 10.1. The summed E-state index contributed by atoms with van der Waals surface area (Å²) < 4.78 is 4.87. The number of carbonyl (C=O) groups is 3. The van der Waals surface area contributed by atoms with E-state index in [2.05, 4.69) is 5.32 Å². The summed E-state index contributed by atoms with van der Waals surface area (Å²) in [6.07, 6.45) is 0. The zero-order chi connectivity index (χ0) is 13.9. The van der Waals surface area contributed by atoms with Gasteiger partial charge in [0.1, 0.15) is 6.61 Å². The first-order valence-electron chi connectivity index (χ1n) is 5.65. The first kappa shape index (κ1) is 14.4. The van der Waals surface area contributed by atoms with E-state index in [9.17, 15) is 14.4 Å². The molecule has 1 aliphatic rings. The number of hydrogen-bond donors (Lipinski definition) is 3. The predicted molar refractivity (Wildman–Crippen MR) is 61.4 cm³/mol. The molecule has 0 aromatic rings. The Morgan fingerprint density at radius 1 is 1.33 bits per heavy atom. The molecule has 18 heavy (non-hydrogen) atoms. The van der Waals surface area contributed by atoms with Crippen LogP contribution in [0.25, 0.3) is 0 Å². The second-order valence-electron chi connectivity index (χ2n) is 4.92. The van der Waals surface area contributed by atoms with Gasteiger partial charge in [0.05, 0.1) is 18.4 Å². The fourth-order valence-electron chi connectivity index (χ4n) is 2.12. The maximum atomic E-state index is 11.7. The third-order valence-electron chi connectivity index (χ3n) is 3.17. The van der Waals surface area contributed by atoms with Crippen LogP contribution >= 0.6 is 0 Å². The number of primary amides is 1. The van der Waals surface area contributed by atoms with Gasteiger partial charge in [0.2, 0.25) is 11.8 Å². The molecule has 0 aromatic heterocycles. The molecule has 0 radical (unpaired) electrons. The highest BCUT2D eigenvalue weighted by molar-refractivity contribution is 5.91. The minimum Gasteiger partial charge on any atom is -0.481 e. The Bertz CT molecular complexity index is 366. The van der Waals surface area contributed by atoms with Crippen molar-refractivity contribution in [3.8, 4) is 0 Å². The molecule has 0 aromatic carbocycles. The van der Waals surface area contributed by atoms with Crippen LogP contribution in [-0.2, 0) is 19.1 Å². The summed E-state index contributed by atoms with van der Waals surface area (Å²) >= 11 is 0.